The van der Waals surface area contributed by atoms with Gasteiger partial charge in [-0.1, -0.05) is 60.1 Å². The third-order valence-electron chi connectivity index (χ3n) is 4.57. The first-order valence-electron chi connectivity index (χ1n) is 9.39. The summed E-state index contributed by atoms with van der Waals surface area (Å²) in [6.07, 6.45) is 0. The normalized spacial score (nSPS) is 10.6. The predicted octanol–water partition coefficient (Wildman–Crippen LogP) is 5.49. The summed E-state index contributed by atoms with van der Waals surface area (Å²) < 4.78 is 18.9. The van der Waals surface area contributed by atoms with Crippen LogP contribution in [-0.2, 0) is 9.53 Å². The van der Waals surface area contributed by atoms with Gasteiger partial charge in [0.2, 0.25) is 0 Å². The topological polar surface area (TPSA) is 68.3 Å². The predicted molar refractivity (Wildman–Crippen MR) is 118 cm³/mol. The van der Waals surface area contributed by atoms with E-state index in [0.717, 1.165) is 0 Å². The van der Waals surface area contributed by atoms with Crippen LogP contribution in [0, 0.1) is 5.82 Å². The Hall–Kier alpha value is -3.77. The van der Waals surface area contributed by atoms with Gasteiger partial charge in [-0.3, -0.25) is 4.79 Å². The minimum atomic E-state index is -0.699. The van der Waals surface area contributed by atoms with Crippen LogP contribution in [0.4, 0.5) is 10.1 Å². The number of halogens is 2. The smallest absolute Gasteiger partial charge is 0.339 e. The van der Waals surface area contributed by atoms with Crippen molar-refractivity contribution in [2.45, 2.75) is 0 Å². The van der Waals surface area contributed by atoms with Crippen molar-refractivity contribution >= 4 is 40.1 Å². The van der Waals surface area contributed by atoms with Crippen LogP contribution in [0.3, 0.4) is 0 Å². The van der Waals surface area contributed by atoms with E-state index in [-0.39, 0.29) is 11.3 Å². The molecule has 0 spiro atoms. The van der Waals surface area contributed by atoms with Gasteiger partial charge in [0.1, 0.15) is 5.82 Å². The number of nitrogens with zero attached hydrogens (tertiary/aromatic N) is 1. The number of carbonyl (C=O) groups is 2. The summed E-state index contributed by atoms with van der Waals surface area (Å²) in [6, 6.07) is 21.6. The Morgan fingerprint density at radius 3 is 2.48 bits per heavy atom. The molecule has 0 saturated heterocycles. The molecule has 0 aliphatic heterocycles. The minimum absolute atomic E-state index is 0.0129. The lowest BCUT2D eigenvalue weighted by Gasteiger charge is -2.11. The summed E-state index contributed by atoms with van der Waals surface area (Å²) in [4.78, 5) is 29.5. The van der Waals surface area contributed by atoms with Crippen molar-refractivity contribution in [3.8, 4) is 11.3 Å². The third-order valence-corrected chi connectivity index (χ3v) is 4.90. The third kappa shape index (κ3) is 4.54. The van der Waals surface area contributed by atoms with Crippen LogP contribution in [-0.4, -0.2) is 23.5 Å². The summed E-state index contributed by atoms with van der Waals surface area (Å²) in [5.41, 5.74) is 2.02. The zero-order valence-corrected chi connectivity index (χ0v) is 16.9. The zero-order chi connectivity index (χ0) is 21.8. The molecule has 3 aromatic carbocycles. The maximum absolute atomic E-state index is 13.7. The maximum atomic E-state index is 13.7. The fourth-order valence-corrected chi connectivity index (χ4v) is 3.34. The molecule has 4 aromatic rings. The van der Waals surface area contributed by atoms with Gasteiger partial charge in [-0.05, 0) is 30.3 Å². The number of aromatic nitrogens is 1. The highest BCUT2D eigenvalue weighted by molar-refractivity contribution is 6.33. The van der Waals surface area contributed by atoms with Crippen molar-refractivity contribution in [2.24, 2.45) is 0 Å². The lowest BCUT2D eigenvalue weighted by Crippen LogP contribution is -2.21. The fraction of sp³-hybridized carbons (Fsp3) is 0.0417. The Kier molecular flexibility index (Phi) is 5.91. The average Bonchev–Trinajstić information content (AvgIpc) is 2.78. The van der Waals surface area contributed by atoms with Crippen LogP contribution in [0.1, 0.15) is 10.4 Å². The number of carbonyl (C=O) groups excluding carboxylic acids is 2. The summed E-state index contributed by atoms with van der Waals surface area (Å²) in [7, 11) is 0. The lowest BCUT2D eigenvalue weighted by molar-refractivity contribution is -0.119. The van der Waals surface area contributed by atoms with Crippen LogP contribution in [0.5, 0.6) is 0 Å². The van der Waals surface area contributed by atoms with Gasteiger partial charge >= 0.3 is 5.97 Å². The van der Waals surface area contributed by atoms with Crippen LogP contribution in [0.25, 0.3) is 22.2 Å². The van der Waals surface area contributed by atoms with Crippen molar-refractivity contribution in [3.05, 3.63) is 95.3 Å². The highest BCUT2D eigenvalue weighted by Gasteiger charge is 2.17. The molecule has 0 aliphatic rings. The summed E-state index contributed by atoms with van der Waals surface area (Å²) in [5.74, 6) is -1.93. The van der Waals surface area contributed by atoms with E-state index < -0.39 is 24.3 Å². The van der Waals surface area contributed by atoms with Gasteiger partial charge in [-0.25, -0.2) is 14.2 Å². The standard InChI is InChI=1S/C24H16ClFN2O3/c25-18-9-3-1-8-16(18)22-13-17(15-7-2-5-11-20(15)27-22)24(30)31-14-23(29)28-21-12-6-4-10-19(21)26/h1-13H,14H2,(H,28,29). The fourth-order valence-electron chi connectivity index (χ4n) is 3.11. The highest BCUT2D eigenvalue weighted by Crippen LogP contribution is 2.30. The Balaban J connectivity index is 1.59. The molecule has 0 atom stereocenters. The van der Waals surface area contributed by atoms with E-state index in [4.69, 9.17) is 16.3 Å². The summed E-state index contributed by atoms with van der Waals surface area (Å²) in [6.45, 7) is -0.564. The minimum Gasteiger partial charge on any atom is -0.452 e. The Morgan fingerprint density at radius 1 is 0.968 bits per heavy atom. The Morgan fingerprint density at radius 2 is 1.68 bits per heavy atom. The van der Waals surface area contributed by atoms with E-state index in [9.17, 15) is 14.0 Å². The Bertz CT molecular complexity index is 1290. The van der Waals surface area contributed by atoms with Crippen molar-refractivity contribution in [2.75, 3.05) is 11.9 Å². The Labute approximate surface area is 182 Å². The summed E-state index contributed by atoms with van der Waals surface area (Å²) in [5, 5.41) is 3.45. The van der Waals surface area contributed by atoms with E-state index in [0.29, 0.717) is 27.2 Å². The average molecular weight is 435 g/mol. The number of nitrogens with one attached hydrogen (secondary N) is 1. The number of hydrogen-bond donors (Lipinski definition) is 1. The molecular formula is C24H16ClFN2O3. The van der Waals surface area contributed by atoms with E-state index in [1.165, 1.54) is 18.2 Å². The molecule has 0 aliphatic carbocycles. The first-order valence-corrected chi connectivity index (χ1v) is 9.77. The number of fused-ring (bicyclic) bond motifs is 1. The van der Waals surface area contributed by atoms with Crippen molar-refractivity contribution in [1.29, 1.82) is 0 Å². The van der Waals surface area contributed by atoms with Crippen LogP contribution >= 0.6 is 11.6 Å². The molecule has 154 valence electrons. The molecule has 7 heteroatoms. The number of rotatable bonds is 5. The molecule has 0 fully saturated rings. The van der Waals surface area contributed by atoms with Crippen LogP contribution in [0.15, 0.2) is 78.9 Å². The van der Waals surface area contributed by atoms with Gasteiger partial charge < -0.3 is 10.1 Å². The number of hydrogen-bond acceptors (Lipinski definition) is 4. The van der Waals surface area contributed by atoms with E-state index in [1.54, 1.807) is 48.5 Å². The molecule has 0 radical (unpaired) electrons. The zero-order valence-electron chi connectivity index (χ0n) is 16.1. The van der Waals surface area contributed by atoms with Crippen molar-refractivity contribution in [3.63, 3.8) is 0 Å². The van der Waals surface area contributed by atoms with Gasteiger partial charge in [-0.15, -0.1) is 0 Å². The van der Waals surface area contributed by atoms with E-state index in [2.05, 4.69) is 10.3 Å². The maximum Gasteiger partial charge on any atom is 0.339 e. The van der Waals surface area contributed by atoms with E-state index >= 15 is 0 Å². The molecule has 1 amide bonds. The summed E-state index contributed by atoms with van der Waals surface area (Å²) >= 11 is 6.29. The van der Waals surface area contributed by atoms with Crippen molar-refractivity contribution < 1.29 is 18.7 Å². The first kappa shape index (κ1) is 20.5. The van der Waals surface area contributed by atoms with Crippen molar-refractivity contribution in [1.82, 2.24) is 4.98 Å². The molecule has 4 rings (SSSR count). The first-order chi connectivity index (χ1) is 15.0. The molecule has 0 unspecified atom stereocenters. The molecule has 0 saturated carbocycles. The SMILES string of the molecule is O=C(COC(=O)c1cc(-c2ccccc2Cl)nc2ccccc12)Nc1ccccc1F. The lowest BCUT2D eigenvalue weighted by atomic mass is 10.0. The number of amides is 1. The molecule has 1 heterocycles. The number of ether oxygens (including phenoxy) is 1. The second kappa shape index (κ2) is 8.93. The monoisotopic (exact) mass is 434 g/mol. The molecule has 1 aromatic heterocycles. The number of anilines is 1. The number of pyridine rings is 1. The van der Waals surface area contributed by atoms with Crippen LogP contribution < -0.4 is 5.32 Å². The van der Waals surface area contributed by atoms with E-state index in [1.807, 2.05) is 12.1 Å². The highest BCUT2D eigenvalue weighted by atomic mass is 35.5. The molecule has 31 heavy (non-hydrogen) atoms. The largest absolute Gasteiger partial charge is 0.452 e. The van der Waals surface area contributed by atoms with Gasteiger partial charge in [0.15, 0.2) is 6.61 Å². The number of esters is 1. The van der Waals surface area contributed by atoms with Crippen LogP contribution in [0.2, 0.25) is 5.02 Å². The number of benzene rings is 3. The van der Waals surface area contributed by atoms with Gasteiger partial charge in [0.25, 0.3) is 5.91 Å². The van der Waals surface area contributed by atoms with Gasteiger partial charge in [0.05, 0.1) is 22.5 Å². The number of para-hydroxylation sites is 2. The quantitative estimate of drug-likeness (QED) is 0.422. The molecule has 1 N–H and O–H groups in total. The second-order valence-electron chi connectivity index (χ2n) is 6.66. The van der Waals surface area contributed by atoms with Gasteiger partial charge in [-0.2, -0.15) is 0 Å². The second-order valence-corrected chi connectivity index (χ2v) is 7.06. The van der Waals surface area contributed by atoms with Gasteiger partial charge in [0, 0.05) is 16.0 Å². The molecule has 0 bridgehead atoms. The molecule has 5 nitrogen and oxygen atoms in total. The molecular weight excluding hydrogens is 419 g/mol.